The molecule has 3 heteroatoms. The third-order valence-electron chi connectivity index (χ3n) is 3.67. The van der Waals surface area contributed by atoms with Gasteiger partial charge < -0.3 is 5.11 Å². The summed E-state index contributed by atoms with van der Waals surface area (Å²) in [7, 11) is 0. The van der Waals surface area contributed by atoms with E-state index in [1.165, 1.54) is 10.4 Å². The molecular formula is C17H20O2S. The van der Waals surface area contributed by atoms with Gasteiger partial charge in [-0.1, -0.05) is 25.1 Å². The molecule has 0 bridgehead atoms. The van der Waals surface area contributed by atoms with E-state index in [4.69, 9.17) is 0 Å². The first-order valence-corrected chi connectivity index (χ1v) is 7.69. The van der Waals surface area contributed by atoms with Crippen LogP contribution in [-0.2, 0) is 6.61 Å². The molecule has 1 N–H and O–H groups in total. The maximum absolute atomic E-state index is 11.4. The van der Waals surface area contributed by atoms with Crippen LogP contribution in [0.3, 0.4) is 0 Å². The van der Waals surface area contributed by atoms with Gasteiger partial charge in [0.2, 0.25) is 0 Å². The van der Waals surface area contributed by atoms with E-state index in [9.17, 15) is 9.90 Å². The summed E-state index contributed by atoms with van der Waals surface area (Å²) in [6, 6.07) is 10.2. The number of hydrogen-bond acceptors (Lipinski definition) is 3. The number of aliphatic hydroxyl groups excluding tert-OH is 1. The number of thiophene rings is 1. The van der Waals surface area contributed by atoms with Gasteiger partial charge in [-0.25, -0.2) is 0 Å². The molecule has 0 saturated carbocycles. The van der Waals surface area contributed by atoms with E-state index in [0.717, 1.165) is 22.4 Å². The molecule has 0 saturated heterocycles. The van der Waals surface area contributed by atoms with Crippen molar-refractivity contribution in [1.29, 1.82) is 0 Å². The van der Waals surface area contributed by atoms with Gasteiger partial charge in [-0.3, -0.25) is 4.79 Å². The van der Waals surface area contributed by atoms with E-state index in [-0.39, 0.29) is 12.4 Å². The number of ketones is 1. The van der Waals surface area contributed by atoms with Crippen LogP contribution in [0.25, 0.3) is 0 Å². The minimum atomic E-state index is 0.0687. The maximum atomic E-state index is 11.4. The zero-order valence-electron chi connectivity index (χ0n) is 12.1. The summed E-state index contributed by atoms with van der Waals surface area (Å²) in [5, 5.41) is 9.40. The average Bonchev–Trinajstić information content (AvgIpc) is 2.91. The van der Waals surface area contributed by atoms with Crippen LogP contribution >= 0.6 is 11.3 Å². The smallest absolute Gasteiger partial charge is 0.169 e. The lowest BCUT2D eigenvalue weighted by Gasteiger charge is -2.15. The average molecular weight is 288 g/mol. The summed E-state index contributed by atoms with van der Waals surface area (Å²) in [4.78, 5) is 13.5. The zero-order chi connectivity index (χ0) is 14.7. The number of carbonyl (C=O) groups is 1. The molecule has 0 fully saturated rings. The number of aryl methyl sites for hydroxylation is 1. The van der Waals surface area contributed by atoms with Crippen molar-refractivity contribution >= 4 is 17.1 Å². The van der Waals surface area contributed by atoms with Gasteiger partial charge in [-0.05, 0) is 49.1 Å². The highest BCUT2D eigenvalue weighted by Crippen LogP contribution is 2.34. The summed E-state index contributed by atoms with van der Waals surface area (Å²) in [6.45, 7) is 5.83. The van der Waals surface area contributed by atoms with E-state index in [1.54, 1.807) is 18.3 Å². The number of benzene rings is 1. The van der Waals surface area contributed by atoms with Crippen LogP contribution in [0, 0.1) is 6.92 Å². The van der Waals surface area contributed by atoms with Gasteiger partial charge in [-0.2, -0.15) is 0 Å². The molecule has 1 unspecified atom stereocenters. The topological polar surface area (TPSA) is 37.3 Å². The Balaban J connectivity index is 2.38. The Labute approximate surface area is 124 Å². The summed E-state index contributed by atoms with van der Waals surface area (Å²) >= 11 is 1.57. The van der Waals surface area contributed by atoms with Gasteiger partial charge in [-0.15, -0.1) is 11.3 Å². The highest BCUT2D eigenvalue weighted by molar-refractivity contribution is 7.14. The first kappa shape index (κ1) is 14.9. The Kier molecular flexibility index (Phi) is 4.73. The second kappa shape index (κ2) is 6.33. The summed E-state index contributed by atoms with van der Waals surface area (Å²) < 4.78 is 0. The third-order valence-corrected chi connectivity index (χ3v) is 4.97. The molecule has 2 rings (SSSR count). The van der Waals surface area contributed by atoms with Crippen molar-refractivity contribution in [2.45, 2.75) is 39.7 Å². The monoisotopic (exact) mass is 288 g/mol. The molecule has 0 aliphatic heterocycles. The molecule has 1 atom stereocenters. The van der Waals surface area contributed by atoms with E-state index >= 15 is 0 Å². The lowest BCUT2D eigenvalue weighted by Crippen LogP contribution is -2.00. The Morgan fingerprint density at radius 2 is 2.05 bits per heavy atom. The fourth-order valence-corrected chi connectivity index (χ4v) is 3.52. The Morgan fingerprint density at radius 3 is 2.60 bits per heavy atom. The van der Waals surface area contributed by atoms with E-state index in [1.807, 2.05) is 19.1 Å². The van der Waals surface area contributed by atoms with Crippen LogP contribution in [0.2, 0.25) is 0 Å². The molecule has 2 nitrogen and oxygen atoms in total. The standard InChI is InChI=1S/C17H20O2S/c1-4-15(17-8-7-16(20-17)12(3)19)13-6-5-11(2)14(9-13)10-18/h5-9,15,18H,4,10H2,1-3H3. The van der Waals surface area contributed by atoms with Gasteiger partial charge in [0.25, 0.3) is 0 Å². The molecule has 1 aromatic heterocycles. The number of carbonyl (C=O) groups excluding carboxylic acids is 1. The van der Waals surface area contributed by atoms with Gasteiger partial charge in [0.05, 0.1) is 11.5 Å². The van der Waals surface area contributed by atoms with Gasteiger partial charge in [0.1, 0.15) is 0 Å². The Hall–Kier alpha value is -1.45. The molecule has 1 aromatic carbocycles. The maximum Gasteiger partial charge on any atom is 0.169 e. The lowest BCUT2D eigenvalue weighted by atomic mass is 9.92. The van der Waals surface area contributed by atoms with E-state index < -0.39 is 0 Å². The molecule has 106 valence electrons. The molecule has 0 amide bonds. The summed E-state index contributed by atoms with van der Waals surface area (Å²) in [5.41, 5.74) is 3.30. The summed E-state index contributed by atoms with van der Waals surface area (Å²) in [6.07, 6.45) is 0.978. The van der Waals surface area contributed by atoms with E-state index in [2.05, 4.69) is 25.1 Å². The molecular weight excluding hydrogens is 268 g/mol. The molecule has 2 aromatic rings. The molecule has 0 aliphatic rings. The van der Waals surface area contributed by atoms with Gasteiger partial charge in [0, 0.05) is 10.8 Å². The van der Waals surface area contributed by atoms with Crippen LogP contribution in [0.4, 0.5) is 0 Å². The second-order valence-corrected chi connectivity index (χ2v) is 6.18. The van der Waals surface area contributed by atoms with Crippen LogP contribution in [0.1, 0.15) is 57.4 Å². The Bertz CT molecular complexity index is 613. The van der Waals surface area contributed by atoms with Crippen LogP contribution in [-0.4, -0.2) is 10.9 Å². The second-order valence-electron chi connectivity index (χ2n) is 5.06. The van der Waals surface area contributed by atoms with Crippen molar-refractivity contribution in [1.82, 2.24) is 0 Å². The lowest BCUT2D eigenvalue weighted by molar-refractivity contribution is 0.102. The number of hydrogen-bond donors (Lipinski definition) is 1. The number of rotatable bonds is 5. The predicted molar refractivity (Wildman–Crippen MR) is 83.6 cm³/mol. The molecule has 20 heavy (non-hydrogen) atoms. The zero-order valence-corrected chi connectivity index (χ0v) is 13.0. The van der Waals surface area contributed by atoms with E-state index in [0.29, 0.717) is 5.92 Å². The molecule has 1 heterocycles. The largest absolute Gasteiger partial charge is 0.392 e. The first-order chi connectivity index (χ1) is 9.56. The van der Waals surface area contributed by atoms with Gasteiger partial charge in [0.15, 0.2) is 5.78 Å². The van der Waals surface area contributed by atoms with Crippen molar-refractivity contribution in [2.24, 2.45) is 0 Å². The van der Waals surface area contributed by atoms with Crippen molar-refractivity contribution in [3.8, 4) is 0 Å². The summed E-state index contributed by atoms with van der Waals surface area (Å²) in [5.74, 6) is 0.412. The van der Waals surface area contributed by atoms with Gasteiger partial charge >= 0.3 is 0 Å². The third kappa shape index (κ3) is 3.00. The molecule has 0 aliphatic carbocycles. The van der Waals surface area contributed by atoms with Crippen molar-refractivity contribution in [3.05, 3.63) is 56.8 Å². The normalized spacial score (nSPS) is 12.4. The minimum Gasteiger partial charge on any atom is -0.392 e. The van der Waals surface area contributed by atoms with Crippen LogP contribution < -0.4 is 0 Å². The number of Topliss-reactive ketones (excluding diaryl/α,β-unsaturated/α-hetero) is 1. The molecule has 0 spiro atoms. The fourth-order valence-electron chi connectivity index (χ4n) is 2.41. The van der Waals surface area contributed by atoms with Crippen LogP contribution in [0.5, 0.6) is 0 Å². The number of aliphatic hydroxyl groups is 1. The quantitative estimate of drug-likeness (QED) is 0.833. The van der Waals surface area contributed by atoms with Crippen molar-refractivity contribution in [2.75, 3.05) is 0 Å². The fraction of sp³-hybridized carbons (Fsp3) is 0.353. The molecule has 0 radical (unpaired) electrons. The Morgan fingerprint density at radius 1 is 1.30 bits per heavy atom. The predicted octanol–water partition coefficient (Wildman–Crippen LogP) is 4.29. The van der Waals surface area contributed by atoms with Crippen molar-refractivity contribution < 1.29 is 9.90 Å². The highest BCUT2D eigenvalue weighted by atomic mass is 32.1. The SMILES string of the molecule is CCC(c1ccc(C)c(CO)c1)c1ccc(C(C)=O)s1. The van der Waals surface area contributed by atoms with Crippen molar-refractivity contribution in [3.63, 3.8) is 0 Å². The first-order valence-electron chi connectivity index (χ1n) is 6.87. The highest BCUT2D eigenvalue weighted by Gasteiger charge is 2.16. The van der Waals surface area contributed by atoms with Crippen LogP contribution in [0.15, 0.2) is 30.3 Å². The minimum absolute atomic E-state index is 0.0687.